The molecule has 146 valence electrons. The van der Waals surface area contributed by atoms with Crippen molar-refractivity contribution in [1.29, 1.82) is 5.26 Å². The Morgan fingerprint density at radius 3 is 2.32 bits per heavy atom. The first-order valence-corrected chi connectivity index (χ1v) is 10.3. The lowest BCUT2D eigenvalue weighted by Gasteiger charge is -2.17. The smallest absolute Gasteiger partial charge is 0.329 e. The number of nitriles is 1. The molecule has 0 saturated heterocycles. The number of urea groups is 1. The molecule has 3 N–H and O–H groups in total. The molecule has 0 aliphatic heterocycles. The maximum atomic E-state index is 12.5. The maximum absolute atomic E-state index is 12.5. The molecule has 0 saturated carbocycles. The van der Waals surface area contributed by atoms with Gasteiger partial charge in [0.1, 0.15) is 0 Å². The van der Waals surface area contributed by atoms with E-state index in [1.807, 2.05) is 0 Å². The summed E-state index contributed by atoms with van der Waals surface area (Å²) in [5.74, 6) is 0. The van der Waals surface area contributed by atoms with Crippen LogP contribution in [0.15, 0.2) is 21.8 Å². The highest BCUT2D eigenvalue weighted by Gasteiger charge is 2.29. The molecule has 0 radical (unpaired) electrons. The van der Waals surface area contributed by atoms with Crippen molar-refractivity contribution in [2.45, 2.75) is 63.1 Å². The van der Waals surface area contributed by atoms with E-state index >= 15 is 0 Å². The molecule has 0 spiro atoms. The molecule has 1 aromatic heterocycles. The summed E-state index contributed by atoms with van der Waals surface area (Å²) in [6.45, 7) is 3.36. The second-order valence-corrected chi connectivity index (χ2v) is 8.67. The molecule has 4 rings (SSSR count). The summed E-state index contributed by atoms with van der Waals surface area (Å²) in [6, 6.07) is 3.79. The number of aliphatic hydroxyl groups is 1. The molecule has 28 heavy (non-hydrogen) atoms. The van der Waals surface area contributed by atoms with Gasteiger partial charge in [-0.25, -0.2) is 4.79 Å². The Morgan fingerprint density at radius 2 is 1.79 bits per heavy atom. The fourth-order valence-corrected chi connectivity index (χ4v) is 4.69. The first kappa shape index (κ1) is 18.9. The van der Waals surface area contributed by atoms with E-state index in [-0.39, 0.29) is 6.03 Å². The Kier molecular flexibility index (Phi) is 4.86. The van der Waals surface area contributed by atoms with E-state index in [2.05, 4.69) is 16.1 Å². The second kappa shape index (κ2) is 7.19. The van der Waals surface area contributed by atoms with Crippen LogP contribution in [0.4, 0.5) is 10.5 Å². The number of rotatable bonds is 4. The zero-order valence-corrected chi connectivity index (χ0v) is 16.8. The van der Waals surface area contributed by atoms with Gasteiger partial charge < -0.3 is 14.8 Å². The number of carbonyl (C=O) groups excluding carboxylic acids is 1. The van der Waals surface area contributed by atoms with E-state index in [0.717, 1.165) is 84.0 Å². The SMILES string of the molecule is CC(C)(O)c1coc(SNC(=O)Nc2c3c(c(C#N)c4c2CCC4)CCC3)c1. The minimum atomic E-state index is -0.992. The molecule has 2 aromatic rings. The Balaban J connectivity index is 1.52. The van der Waals surface area contributed by atoms with Crippen LogP contribution in [-0.4, -0.2) is 11.1 Å². The van der Waals surface area contributed by atoms with Crippen LogP contribution in [0.1, 0.15) is 60.1 Å². The first-order valence-electron chi connectivity index (χ1n) is 9.53. The van der Waals surface area contributed by atoms with Crippen LogP contribution >= 0.6 is 11.9 Å². The second-order valence-electron chi connectivity index (χ2n) is 7.85. The Labute approximate surface area is 168 Å². The minimum absolute atomic E-state index is 0.320. The summed E-state index contributed by atoms with van der Waals surface area (Å²) in [5.41, 5.74) is 5.88. The molecular formula is C21H23N3O3S. The van der Waals surface area contributed by atoms with Gasteiger partial charge in [0.2, 0.25) is 0 Å². The molecule has 7 heteroatoms. The number of fused-ring (bicyclic) bond motifs is 2. The highest BCUT2D eigenvalue weighted by molar-refractivity contribution is 7.97. The third-order valence-corrected chi connectivity index (χ3v) is 6.22. The number of hydrogen-bond donors (Lipinski definition) is 3. The van der Waals surface area contributed by atoms with Crippen molar-refractivity contribution in [3.05, 3.63) is 45.7 Å². The Hall–Kier alpha value is -2.43. The van der Waals surface area contributed by atoms with Gasteiger partial charge in [-0.1, -0.05) is 0 Å². The lowest BCUT2D eigenvalue weighted by Crippen LogP contribution is -2.24. The van der Waals surface area contributed by atoms with Crippen LogP contribution in [0.3, 0.4) is 0 Å². The van der Waals surface area contributed by atoms with Gasteiger partial charge in [0.15, 0.2) is 5.09 Å². The number of anilines is 1. The van der Waals surface area contributed by atoms with E-state index in [0.29, 0.717) is 10.7 Å². The highest BCUT2D eigenvalue weighted by Crippen LogP contribution is 2.41. The van der Waals surface area contributed by atoms with Crippen LogP contribution in [-0.2, 0) is 31.3 Å². The van der Waals surface area contributed by atoms with Crippen molar-refractivity contribution in [2.75, 3.05) is 5.32 Å². The minimum Gasteiger partial charge on any atom is -0.456 e. The van der Waals surface area contributed by atoms with Crippen molar-refractivity contribution in [3.63, 3.8) is 0 Å². The number of hydrogen-bond acceptors (Lipinski definition) is 5. The van der Waals surface area contributed by atoms with Gasteiger partial charge in [0.05, 0.1) is 23.5 Å². The van der Waals surface area contributed by atoms with Crippen LogP contribution in [0.2, 0.25) is 0 Å². The average molecular weight is 398 g/mol. The third kappa shape index (κ3) is 3.38. The summed E-state index contributed by atoms with van der Waals surface area (Å²) in [5, 5.41) is 23.2. The van der Waals surface area contributed by atoms with E-state index in [1.165, 1.54) is 6.26 Å². The summed E-state index contributed by atoms with van der Waals surface area (Å²) >= 11 is 1.07. The van der Waals surface area contributed by atoms with E-state index in [4.69, 9.17) is 4.42 Å². The van der Waals surface area contributed by atoms with Gasteiger partial charge in [0.25, 0.3) is 0 Å². The fraction of sp³-hybridized carbons (Fsp3) is 0.429. The van der Waals surface area contributed by atoms with Gasteiger partial charge in [-0.15, -0.1) is 0 Å². The summed E-state index contributed by atoms with van der Waals surface area (Å²) in [7, 11) is 0. The number of nitrogens with zero attached hydrogens (tertiary/aromatic N) is 1. The zero-order valence-electron chi connectivity index (χ0n) is 16.0. The van der Waals surface area contributed by atoms with Crippen LogP contribution in [0.5, 0.6) is 0 Å². The molecule has 0 atom stereocenters. The van der Waals surface area contributed by atoms with Gasteiger partial charge >= 0.3 is 6.03 Å². The summed E-state index contributed by atoms with van der Waals surface area (Å²) < 4.78 is 8.14. The first-order chi connectivity index (χ1) is 13.4. The van der Waals surface area contributed by atoms with E-state index in [1.54, 1.807) is 19.9 Å². The van der Waals surface area contributed by atoms with Crippen molar-refractivity contribution in [3.8, 4) is 6.07 Å². The third-order valence-electron chi connectivity index (χ3n) is 5.52. The van der Waals surface area contributed by atoms with E-state index in [9.17, 15) is 15.2 Å². The topological polar surface area (TPSA) is 98.3 Å². The van der Waals surface area contributed by atoms with Crippen LogP contribution < -0.4 is 10.0 Å². The average Bonchev–Trinajstić information content (AvgIpc) is 3.38. The lowest BCUT2D eigenvalue weighted by molar-refractivity contribution is 0.0779. The number of benzene rings is 1. The predicted molar refractivity (Wildman–Crippen MR) is 107 cm³/mol. The van der Waals surface area contributed by atoms with Crippen molar-refractivity contribution in [1.82, 2.24) is 4.72 Å². The molecule has 1 aromatic carbocycles. The molecule has 1 heterocycles. The molecule has 2 aliphatic rings. The molecule has 0 unspecified atom stereocenters. The van der Waals surface area contributed by atoms with Crippen molar-refractivity contribution >= 4 is 23.7 Å². The monoisotopic (exact) mass is 397 g/mol. The molecule has 0 bridgehead atoms. The molecule has 2 aliphatic carbocycles. The van der Waals surface area contributed by atoms with Gasteiger partial charge in [0, 0.05) is 23.2 Å². The molecule has 6 nitrogen and oxygen atoms in total. The van der Waals surface area contributed by atoms with Crippen LogP contribution in [0, 0.1) is 11.3 Å². The summed E-state index contributed by atoms with van der Waals surface area (Å²) in [4.78, 5) is 12.5. The van der Waals surface area contributed by atoms with Gasteiger partial charge in [-0.05, 0) is 80.7 Å². The zero-order chi connectivity index (χ0) is 19.9. The number of furan rings is 1. The number of nitrogens with one attached hydrogen (secondary N) is 2. The van der Waals surface area contributed by atoms with Gasteiger partial charge in [-0.3, -0.25) is 4.72 Å². The number of carbonyl (C=O) groups is 1. The Bertz CT molecular complexity index is 947. The quantitative estimate of drug-likeness (QED) is 0.672. The largest absolute Gasteiger partial charge is 0.456 e. The number of amides is 2. The van der Waals surface area contributed by atoms with Crippen molar-refractivity contribution < 1.29 is 14.3 Å². The van der Waals surface area contributed by atoms with Crippen molar-refractivity contribution in [2.24, 2.45) is 0 Å². The van der Waals surface area contributed by atoms with E-state index < -0.39 is 5.60 Å². The van der Waals surface area contributed by atoms with Crippen LogP contribution in [0.25, 0.3) is 0 Å². The standard InChI is InChI=1S/C21H23N3O3S/c1-21(2,26)12-9-18(27-11-12)28-24-20(25)23-19-15-7-3-5-13(15)17(10-22)14-6-4-8-16(14)19/h9,11,26H,3-8H2,1-2H3,(H2,23,24,25). The Morgan fingerprint density at radius 1 is 1.18 bits per heavy atom. The molecular weight excluding hydrogens is 374 g/mol. The summed E-state index contributed by atoms with van der Waals surface area (Å²) in [6.07, 6.45) is 7.13. The maximum Gasteiger partial charge on any atom is 0.329 e. The fourth-order valence-electron chi connectivity index (χ4n) is 4.17. The van der Waals surface area contributed by atoms with Gasteiger partial charge in [-0.2, -0.15) is 5.26 Å². The normalized spacial score (nSPS) is 15.1. The predicted octanol–water partition coefficient (Wildman–Crippen LogP) is 4.18. The molecule has 0 fully saturated rings. The highest BCUT2D eigenvalue weighted by atomic mass is 32.2. The lowest BCUT2D eigenvalue weighted by atomic mass is 9.93. The molecule has 2 amide bonds.